The van der Waals surface area contributed by atoms with Crippen molar-refractivity contribution >= 4 is 23.5 Å². The van der Waals surface area contributed by atoms with Crippen LogP contribution in [0.5, 0.6) is 11.5 Å². The van der Waals surface area contributed by atoms with Gasteiger partial charge in [0.1, 0.15) is 17.0 Å². The fourth-order valence-electron chi connectivity index (χ4n) is 5.42. The molecular weight excluding hydrogens is 460 g/mol. The second kappa shape index (κ2) is 9.13. The molecule has 3 aromatic carbocycles. The molecule has 8 nitrogen and oxygen atoms in total. The summed E-state index contributed by atoms with van der Waals surface area (Å²) in [6.45, 7) is 1.79. The Morgan fingerprint density at radius 3 is 2.14 bits per heavy atom. The van der Waals surface area contributed by atoms with Crippen molar-refractivity contribution < 1.29 is 29.3 Å². The zero-order chi connectivity index (χ0) is 25.4. The van der Waals surface area contributed by atoms with Gasteiger partial charge in [-0.2, -0.15) is 0 Å². The molecule has 2 amide bonds. The molecule has 3 N–H and O–H groups in total. The van der Waals surface area contributed by atoms with Crippen molar-refractivity contribution in [3.8, 4) is 11.5 Å². The quantitative estimate of drug-likeness (QED) is 0.362. The molecule has 8 heteroatoms. The van der Waals surface area contributed by atoms with Gasteiger partial charge in [0.2, 0.25) is 11.8 Å². The minimum atomic E-state index is -1.53. The number of ether oxygens (including phenoxy) is 1. The second-order valence-electron chi connectivity index (χ2n) is 9.10. The van der Waals surface area contributed by atoms with Gasteiger partial charge in [-0.15, -0.1) is 0 Å². The first-order valence-electron chi connectivity index (χ1n) is 11.8. The maximum Gasteiger partial charge on any atom is 0.327 e. The van der Waals surface area contributed by atoms with Crippen molar-refractivity contribution in [1.82, 2.24) is 5.32 Å². The SMILES string of the molecule is CCOC(=O)[C@]1(Cc2ccc(O)cc2)N[C@@H](c2ccc(O)cc2)[C@H]2C(=O)N(c3ccccc3)C(=O)[C@@H]21. The van der Waals surface area contributed by atoms with E-state index >= 15 is 0 Å². The molecule has 2 fully saturated rings. The molecular formula is C28H26N2O6. The highest BCUT2D eigenvalue weighted by Crippen LogP contribution is 2.51. The number of para-hydroxylation sites is 1. The van der Waals surface area contributed by atoms with Crippen molar-refractivity contribution in [3.63, 3.8) is 0 Å². The summed E-state index contributed by atoms with van der Waals surface area (Å²) < 4.78 is 5.49. The van der Waals surface area contributed by atoms with E-state index in [-0.39, 0.29) is 24.5 Å². The van der Waals surface area contributed by atoms with Gasteiger partial charge in [0, 0.05) is 12.5 Å². The smallest absolute Gasteiger partial charge is 0.327 e. The van der Waals surface area contributed by atoms with Crippen LogP contribution in [-0.4, -0.2) is 40.1 Å². The van der Waals surface area contributed by atoms with Crippen LogP contribution in [0.15, 0.2) is 78.9 Å². The van der Waals surface area contributed by atoms with Crippen LogP contribution >= 0.6 is 0 Å². The number of aromatic hydroxyl groups is 2. The number of phenols is 2. The van der Waals surface area contributed by atoms with Crippen LogP contribution in [0, 0.1) is 11.8 Å². The van der Waals surface area contributed by atoms with Crippen LogP contribution in [-0.2, 0) is 25.5 Å². The normalized spacial score (nSPS) is 25.1. The first-order valence-corrected chi connectivity index (χ1v) is 11.8. The fraction of sp³-hybridized carbons (Fsp3) is 0.250. The zero-order valence-electron chi connectivity index (χ0n) is 19.6. The number of carbonyl (C=O) groups is 3. The Labute approximate surface area is 208 Å². The number of hydrogen-bond acceptors (Lipinski definition) is 7. The number of anilines is 1. The molecule has 36 heavy (non-hydrogen) atoms. The molecule has 0 spiro atoms. The third-order valence-corrected chi connectivity index (χ3v) is 6.98. The number of benzene rings is 3. The van der Waals surface area contributed by atoms with Gasteiger partial charge in [0.05, 0.1) is 24.1 Å². The Bertz CT molecular complexity index is 1290. The third-order valence-electron chi connectivity index (χ3n) is 6.98. The minimum absolute atomic E-state index is 0.0637. The Balaban J connectivity index is 1.67. The molecule has 184 valence electrons. The van der Waals surface area contributed by atoms with Crippen LogP contribution in [0.2, 0.25) is 0 Å². The van der Waals surface area contributed by atoms with Crippen LogP contribution in [0.3, 0.4) is 0 Å². The van der Waals surface area contributed by atoms with E-state index in [2.05, 4.69) is 5.32 Å². The lowest BCUT2D eigenvalue weighted by Gasteiger charge is -2.33. The molecule has 2 aliphatic rings. The lowest BCUT2D eigenvalue weighted by Crippen LogP contribution is -2.58. The van der Waals surface area contributed by atoms with Gasteiger partial charge >= 0.3 is 5.97 Å². The second-order valence-corrected chi connectivity index (χ2v) is 9.10. The van der Waals surface area contributed by atoms with Crippen LogP contribution in [0.25, 0.3) is 0 Å². The average Bonchev–Trinajstić information content (AvgIpc) is 3.35. The summed E-state index contributed by atoms with van der Waals surface area (Å²) >= 11 is 0. The molecule has 3 aromatic rings. The summed E-state index contributed by atoms with van der Waals surface area (Å²) in [6, 6.07) is 20.7. The number of phenolic OH excluding ortho intramolecular Hbond substituents is 2. The monoisotopic (exact) mass is 486 g/mol. The maximum atomic E-state index is 14.0. The number of imide groups is 1. The van der Waals surface area contributed by atoms with Crippen LogP contribution in [0.1, 0.15) is 24.1 Å². The van der Waals surface area contributed by atoms with Gasteiger partial charge in [-0.25, -0.2) is 4.90 Å². The summed E-state index contributed by atoms with van der Waals surface area (Å²) in [5.74, 6) is -3.26. The molecule has 4 atom stereocenters. The number of rotatable bonds is 6. The maximum absolute atomic E-state index is 14.0. The van der Waals surface area contributed by atoms with Crippen molar-refractivity contribution in [3.05, 3.63) is 90.0 Å². The minimum Gasteiger partial charge on any atom is -0.508 e. The molecule has 2 heterocycles. The largest absolute Gasteiger partial charge is 0.508 e. The summed E-state index contributed by atoms with van der Waals surface area (Å²) in [5, 5.41) is 22.9. The van der Waals surface area contributed by atoms with Gasteiger partial charge in [0.15, 0.2) is 0 Å². The molecule has 2 aliphatic heterocycles. The molecule has 0 saturated carbocycles. The lowest BCUT2D eigenvalue weighted by molar-refractivity contribution is -0.154. The van der Waals surface area contributed by atoms with E-state index in [0.717, 1.165) is 4.90 Å². The van der Waals surface area contributed by atoms with E-state index in [0.29, 0.717) is 16.8 Å². The number of nitrogens with one attached hydrogen (secondary N) is 1. The standard InChI is InChI=1S/C28H26N2O6/c1-2-36-27(35)28(16-17-8-12-20(31)13-9-17)23-22(24(29-28)18-10-14-21(32)15-11-18)25(33)30(26(23)34)19-6-4-3-5-7-19/h3-15,22-24,29,31-32H,2,16H2,1H3/t22-,23+,24-,28+/m0/s1. The van der Waals surface area contributed by atoms with E-state index in [4.69, 9.17) is 4.74 Å². The van der Waals surface area contributed by atoms with Crippen molar-refractivity contribution in [2.75, 3.05) is 11.5 Å². The van der Waals surface area contributed by atoms with E-state index in [9.17, 15) is 24.6 Å². The van der Waals surface area contributed by atoms with Gasteiger partial charge in [-0.05, 0) is 54.4 Å². The van der Waals surface area contributed by atoms with Gasteiger partial charge < -0.3 is 14.9 Å². The molecule has 0 aromatic heterocycles. The number of fused-ring (bicyclic) bond motifs is 1. The number of hydrogen-bond donors (Lipinski definition) is 3. The predicted molar refractivity (Wildman–Crippen MR) is 131 cm³/mol. The Kier molecular flexibility index (Phi) is 5.97. The van der Waals surface area contributed by atoms with Crippen molar-refractivity contribution in [2.45, 2.75) is 24.9 Å². The topological polar surface area (TPSA) is 116 Å². The van der Waals surface area contributed by atoms with Gasteiger partial charge in [-0.1, -0.05) is 42.5 Å². The van der Waals surface area contributed by atoms with E-state index in [1.54, 1.807) is 61.5 Å². The molecule has 2 saturated heterocycles. The molecule has 0 aliphatic carbocycles. The van der Waals surface area contributed by atoms with E-state index in [1.807, 2.05) is 0 Å². The molecule has 0 bridgehead atoms. The molecule has 0 radical (unpaired) electrons. The van der Waals surface area contributed by atoms with Gasteiger partial charge in [0.25, 0.3) is 0 Å². The predicted octanol–water partition coefficient (Wildman–Crippen LogP) is 3.09. The highest BCUT2D eigenvalue weighted by Gasteiger charge is 2.69. The summed E-state index contributed by atoms with van der Waals surface area (Å²) in [6.07, 6.45) is 0.0729. The van der Waals surface area contributed by atoms with Crippen molar-refractivity contribution in [2.24, 2.45) is 11.8 Å². The number of carbonyl (C=O) groups excluding carboxylic acids is 3. The van der Waals surface area contributed by atoms with E-state index in [1.165, 1.54) is 24.3 Å². The molecule has 0 unspecified atom stereocenters. The first kappa shape index (κ1) is 23.6. The summed E-state index contributed by atoms with van der Waals surface area (Å²) in [7, 11) is 0. The van der Waals surface area contributed by atoms with E-state index < -0.39 is 41.2 Å². The first-order chi connectivity index (χ1) is 17.4. The highest BCUT2D eigenvalue weighted by molar-refractivity contribution is 6.24. The number of esters is 1. The highest BCUT2D eigenvalue weighted by atomic mass is 16.5. The number of nitrogens with zero attached hydrogens (tertiary/aromatic N) is 1. The zero-order valence-corrected chi connectivity index (χ0v) is 19.6. The number of amides is 2. The fourth-order valence-corrected chi connectivity index (χ4v) is 5.42. The van der Waals surface area contributed by atoms with Gasteiger partial charge in [-0.3, -0.25) is 19.7 Å². The Hall–Kier alpha value is -4.17. The Morgan fingerprint density at radius 2 is 1.53 bits per heavy atom. The third kappa shape index (κ3) is 3.79. The summed E-state index contributed by atoms with van der Waals surface area (Å²) in [4.78, 5) is 42.6. The van der Waals surface area contributed by atoms with Crippen LogP contribution in [0.4, 0.5) is 5.69 Å². The summed E-state index contributed by atoms with van der Waals surface area (Å²) in [5.41, 5.74) is 0.262. The lowest BCUT2D eigenvalue weighted by atomic mass is 9.76. The molecule has 5 rings (SSSR count). The Morgan fingerprint density at radius 1 is 0.917 bits per heavy atom. The van der Waals surface area contributed by atoms with Crippen molar-refractivity contribution in [1.29, 1.82) is 0 Å². The van der Waals surface area contributed by atoms with Crippen LogP contribution < -0.4 is 10.2 Å². The average molecular weight is 487 g/mol.